The van der Waals surface area contributed by atoms with Crippen LogP contribution in [0.5, 0.6) is 0 Å². The van der Waals surface area contributed by atoms with Gasteiger partial charge in [-0.2, -0.15) is 0 Å². The molecule has 3 N–H and O–H groups in total. The molecule has 1 unspecified atom stereocenters. The number of carboxylic acid groups (broad SMARTS) is 1. The highest BCUT2D eigenvalue weighted by Crippen LogP contribution is 2.44. The Labute approximate surface area is 200 Å². The number of ether oxygens (including phenoxy) is 1. The Morgan fingerprint density at radius 3 is 1.94 bits per heavy atom. The molecule has 34 heavy (non-hydrogen) atoms. The summed E-state index contributed by atoms with van der Waals surface area (Å²) in [5, 5.41) is 14.7. The van der Waals surface area contributed by atoms with Crippen LogP contribution in [0.25, 0.3) is 11.1 Å². The average molecular weight is 467 g/mol. The van der Waals surface area contributed by atoms with Gasteiger partial charge in [0.1, 0.15) is 12.6 Å². The molecule has 7 heteroatoms. The number of amides is 2. The minimum atomic E-state index is -0.990. The van der Waals surface area contributed by atoms with Gasteiger partial charge in [-0.3, -0.25) is 9.59 Å². The summed E-state index contributed by atoms with van der Waals surface area (Å²) in [6.07, 6.45) is -0.873. The SMILES string of the molecule is CC(C)C(CC(=O)O)NC(=O)[C@H](NC(=O)OCC1c2ccccc2-c2ccccc21)C(C)(C)C. The van der Waals surface area contributed by atoms with Crippen LogP contribution in [-0.2, 0) is 14.3 Å². The molecule has 2 aromatic carbocycles. The second kappa shape index (κ2) is 10.3. The van der Waals surface area contributed by atoms with Crippen molar-refractivity contribution in [1.82, 2.24) is 10.6 Å². The van der Waals surface area contributed by atoms with Gasteiger partial charge in [-0.05, 0) is 33.6 Å². The van der Waals surface area contributed by atoms with E-state index >= 15 is 0 Å². The molecule has 2 aromatic rings. The first-order chi connectivity index (χ1) is 16.0. The molecule has 1 aliphatic carbocycles. The Morgan fingerprint density at radius 2 is 1.47 bits per heavy atom. The summed E-state index contributed by atoms with van der Waals surface area (Å²) in [7, 11) is 0. The number of carbonyl (C=O) groups is 3. The lowest BCUT2D eigenvalue weighted by atomic mass is 9.85. The van der Waals surface area contributed by atoms with E-state index in [1.54, 1.807) is 0 Å². The van der Waals surface area contributed by atoms with Gasteiger partial charge < -0.3 is 20.5 Å². The molecule has 0 radical (unpaired) electrons. The zero-order valence-electron chi connectivity index (χ0n) is 20.4. The molecule has 0 heterocycles. The van der Waals surface area contributed by atoms with Gasteiger partial charge in [-0.25, -0.2) is 4.79 Å². The summed E-state index contributed by atoms with van der Waals surface area (Å²) in [5.74, 6) is -1.58. The number of nitrogens with one attached hydrogen (secondary N) is 2. The van der Waals surface area contributed by atoms with Crippen molar-refractivity contribution in [2.24, 2.45) is 11.3 Å². The molecule has 0 aromatic heterocycles. The lowest BCUT2D eigenvalue weighted by molar-refractivity contribution is -0.138. The third-order valence-corrected chi connectivity index (χ3v) is 6.26. The van der Waals surface area contributed by atoms with Crippen LogP contribution >= 0.6 is 0 Å². The first-order valence-electron chi connectivity index (χ1n) is 11.6. The fourth-order valence-electron chi connectivity index (χ4n) is 4.34. The Balaban J connectivity index is 1.69. The lowest BCUT2D eigenvalue weighted by Gasteiger charge is -2.32. The number of rotatable bonds is 8. The zero-order valence-corrected chi connectivity index (χ0v) is 20.4. The Kier molecular flexibility index (Phi) is 7.64. The summed E-state index contributed by atoms with van der Waals surface area (Å²) in [6.45, 7) is 9.34. The maximum absolute atomic E-state index is 13.0. The van der Waals surface area contributed by atoms with Crippen molar-refractivity contribution in [2.45, 2.75) is 59.0 Å². The number of hydrogen-bond donors (Lipinski definition) is 3. The quantitative estimate of drug-likeness (QED) is 0.529. The van der Waals surface area contributed by atoms with Crippen LogP contribution in [0.2, 0.25) is 0 Å². The van der Waals surface area contributed by atoms with Crippen LogP contribution in [0, 0.1) is 11.3 Å². The van der Waals surface area contributed by atoms with Crippen molar-refractivity contribution in [3.05, 3.63) is 59.7 Å². The highest BCUT2D eigenvalue weighted by Gasteiger charge is 2.36. The standard InChI is InChI=1S/C27H34N2O5/c1-16(2)22(14-23(30)31)28-25(32)24(27(3,4)5)29-26(33)34-15-21-19-12-8-6-10-17(19)18-11-7-9-13-20(18)21/h6-13,16,21-22,24H,14-15H2,1-5H3,(H,28,32)(H,29,33)(H,30,31)/t22?,24-/m0/s1. The van der Waals surface area contributed by atoms with Gasteiger partial charge in [0.15, 0.2) is 0 Å². The van der Waals surface area contributed by atoms with E-state index in [1.807, 2.05) is 71.0 Å². The lowest BCUT2D eigenvalue weighted by Crippen LogP contribution is -2.56. The van der Waals surface area contributed by atoms with Crippen LogP contribution in [-0.4, -0.2) is 41.8 Å². The van der Waals surface area contributed by atoms with Gasteiger partial charge in [-0.15, -0.1) is 0 Å². The Morgan fingerprint density at radius 1 is 0.941 bits per heavy atom. The average Bonchev–Trinajstić information content (AvgIpc) is 3.08. The molecule has 3 rings (SSSR count). The number of benzene rings is 2. The highest BCUT2D eigenvalue weighted by molar-refractivity contribution is 5.87. The topological polar surface area (TPSA) is 105 Å². The number of aliphatic carboxylic acids is 1. The molecule has 0 aliphatic heterocycles. The molecule has 1 aliphatic rings. The van der Waals surface area contributed by atoms with Crippen molar-refractivity contribution in [2.75, 3.05) is 6.61 Å². The number of carbonyl (C=O) groups excluding carboxylic acids is 2. The fourth-order valence-corrected chi connectivity index (χ4v) is 4.34. The van der Waals surface area contributed by atoms with E-state index in [9.17, 15) is 14.4 Å². The zero-order chi connectivity index (χ0) is 25.0. The summed E-state index contributed by atoms with van der Waals surface area (Å²) >= 11 is 0. The van der Waals surface area contributed by atoms with Gasteiger partial charge in [0.25, 0.3) is 0 Å². The molecule has 2 amide bonds. The second-order valence-electron chi connectivity index (χ2n) is 10.2. The minimum Gasteiger partial charge on any atom is -0.481 e. The van der Waals surface area contributed by atoms with E-state index in [0.717, 1.165) is 22.3 Å². The number of carboxylic acids is 1. The third kappa shape index (κ3) is 5.76. The Bertz CT molecular complexity index is 1010. The van der Waals surface area contributed by atoms with E-state index < -0.39 is 35.5 Å². The smallest absolute Gasteiger partial charge is 0.407 e. The van der Waals surface area contributed by atoms with E-state index in [0.29, 0.717) is 0 Å². The third-order valence-electron chi connectivity index (χ3n) is 6.26. The van der Waals surface area contributed by atoms with Crippen LogP contribution in [0.1, 0.15) is 58.1 Å². The van der Waals surface area contributed by atoms with Gasteiger partial charge in [0.2, 0.25) is 5.91 Å². The molecule has 2 atom stereocenters. The van der Waals surface area contributed by atoms with E-state index in [-0.39, 0.29) is 24.9 Å². The van der Waals surface area contributed by atoms with Crippen LogP contribution in [0.15, 0.2) is 48.5 Å². The van der Waals surface area contributed by atoms with Crippen molar-refractivity contribution >= 4 is 18.0 Å². The molecule has 182 valence electrons. The van der Waals surface area contributed by atoms with Gasteiger partial charge in [0, 0.05) is 12.0 Å². The van der Waals surface area contributed by atoms with E-state index in [4.69, 9.17) is 9.84 Å². The minimum absolute atomic E-state index is 0.0740. The number of hydrogen-bond acceptors (Lipinski definition) is 4. The second-order valence-corrected chi connectivity index (χ2v) is 10.2. The molecule has 0 bridgehead atoms. The summed E-state index contributed by atoms with van der Waals surface area (Å²) in [6, 6.07) is 14.7. The maximum atomic E-state index is 13.0. The summed E-state index contributed by atoms with van der Waals surface area (Å²) in [4.78, 5) is 37.0. The van der Waals surface area contributed by atoms with Crippen molar-refractivity contribution in [3.8, 4) is 11.1 Å². The van der Waals surface area contributed by atoms with Crippen molar-refractivity contribution in [3.63, 3.8) is 0 Å². The van der Waals surface area contributed by atoms with Gasteiger partial charge >= 0.3 is 12.1 Å². The molecule has 0 saturated carbocycles. The number of alkyl carbamates (subject to hydrolysis) is 1. The largest absolute Gasteiger partial charge is 0.481 e. The van der Waals surface area contributed by atoms with Crippen LogP contribution < -0.4 is 10.6 Å². The summed E-state index contributed by atoms with van der Waals surface area (Å²) < 4.78 is 5.61. The first-order valence-corrected chi connectivity index (χ1v) is 11.6. The monoisotopic (exact) mass is 466 g/mol. The molecule has 0 saturated heterocycles. The molecular formula is C27H34N2O5. The highest BCUT2D eigenvalue weighted by atomic mass is 16.5. The van der Waals surface area contributed by atoms with Crippen LogP contribution in [0.4, 0.5) is 4.79 Å². The normalized spacial score (nSPS) is 14.6. The van der Waals surface area contributed by atoms with Crippen molar-refractivity contribution in [1.29, 1.82) is 0 Å². The van der Waals surface area contributed by atoms with Crippen LogP contribution in [0.3, 0.4) is 0 Å². The Hall–Kier alpha value is -3.35. The predicted octanol–water partition coefficient (Wildman–Crippen LogP) is 4.56. The molecule has 7 nitrogen and oxygen atoms in total. The van der Waals surface area contributed by atoms with Gasteiger partial charge in [0.05, 0.1) is 6.42 Å². The van der Waals surface area contributed by atoms with E-state index in [1.165, 1.54) is 0 Å². The van der Waals surface area contributed by atoms with Crippen molar-refractivity contribution < 1.29 is 24.2 Å². The first kappa shape index (κ1) is 25.3. The predicted molar refractivity (Wildman–Crippen MR) is 130 cm³/mol. The maximum Gasteiger partial charge on any atom is 0.407 e. The fraction of sp³-hybridized carbons (Fsp3) is 0.444. The molecular weight excluding hydrogens is 432 g/mol. The van der Waals surface area contributed by atoms with E-state index in [2.05, 4.69) is 22.8 Å². The molecule has 0 spiro atoms. The summed E-state index contributed by atoms with van der Waals surface area (Å²) in [5.41, 5.74) is 3.87. The van der Waals surface area contributed by atoms with Gasteiger partial charge in [-0.1, -0.05) is 83.1 Å². The molecule has 0 fully saturated rings. The number of fused-ring (bicyclic) bond motifs is 3.